The Labute approximate surface area is 124 Å². The molecule has 0 amide bonds. The number of halogens is 3. The molecule has 0 radical (unpaired) electrons. The minimum absolute atomic E-state index is 0.0239. The van der Waals surface area contributed by atoms with E-state index < -0.39 is 18.1 Å². The molecule has 0 saturated carbocycles. The molecule has 2 aromatic carbocycles. The molecule has 3 aromatic rings. The zero-order valence-electron chi connectivity index (χ0n) is 11.6. The van der Waals surface area contributed by atoms with Crippen LogP contribution in [-0.4, -0.2) is 9.97 Å². The molecular weight excluding hydrogens is 293 g/mol. The highest BCUT2D eigenvalue weighted by atomic mass is 19.3. The Kier molecular flexibility index (Phi) is 3.66. The summed E-state index contributed by atoms with van der Waals surface area (Å²) in [6.07, 6.45) is -2.82. The topological polar surface area (TPSA) is 35.0 Å². The minimum Gasteiger partial charge on any atom is -0.438 e. The fourth-order valence-corrected chi connectivity index (χ4v) is 1.99. The zero-order chi connectivity index (χ0) is 15.7. The highest BCUT2D eigenvalue weighted by molar-refractivity contribution is 5.83. The number of fused-ring (bicyclic) bond motifs is 1. The Balaban J connectivity index is 2.10. The highest BCUT2D eigenvalue weighted by Crippen LogP contribution is 2.30. The predicted molar refractivity (Wildman–Crippen MR) is 75.7 cm³/mol. The van der Waals surface area contributed by atoms with Crippen molar-refractivity contribution in [1.82, 2.24) is 9.97 Å². The van der Waals surface area contributed by atoms with Crippen LogP contribution in [0.5, 0.6) is 11.6 Å². The first kappa shape index (κ1) is 14.3. The van der Waals surface area contributed by atoms with Crippen molar-refractivity contribution < 1.29 is 17.9 Å². The molecule has 112 valence electrons. The molecule has 22 heavy (non-hydrogen) atoms. The standard InChI is InChI=1S/C16H11F3N2O/c1-9-6-7-10(8-12(9)17)22-16-11-4-2-3-5-13(11)20-15(21-16)14(18)19/h2-8,14H,1H3. The maximum Gasteiger partial charge on any atom is 0.297 e. The molecule has 1 aromatic heterocycles. The number of nitrogens with zero attached hydrogens (tertiary/aromatic N) is 2. The van der Waals surface area contributed by atoms with Crippen LogP contribution in [0, 0.1) is 12.7 Å². The summed E-state index contributed by atoms with van der Waals surface area (Å²) < 4.78 is 44.8. The van der Waals surface area contributed by atoms with Gasteiger partial charge in [-0.2, -0.15) is 4.98 Å². The molecule has 3 rings (SSSR count). The largest absolute Gasteiger partial charge is 0.438 e. The van der Waals surface area contributed by atoms with Crippen molar-refractivity contribution in [2.75, 3.05) is 0 Å². The molecular formula is C16H11F3N2O. The first-order valence-electron chi connectivity index (χ1n) is 6.53. The van der Waals surface area contributed by atoms with E-state index in [1.54, 1.807) is 43.3 Å². The maximum atomic E-state index is 13.6. The van der Waals surface area contributed by atoms with Crippen LogP contribution in [0.4, 0.5) is 13.2 Å². The van der Waals surface area contributed by atoms with Crippen LogP contribution in [0.3, 0.4) is 0 Å². The molecule has 0 unspecified atom stereocenters. The van der Waals surface area contributed by atoms with Crippen molar-refractivity contribution in [2.45, 2.75) is 13.3 Å². The molecule has 0 aliphatic rings. The Morgan fingerprint density at radius 1 is 1.05 bits per heavy atom. The molecule has 0 saturated heterocycles. The molecule has 0 spiro atoms. The van der Waals surface area contributed by atoms with Crippen LogP contribution in [0.2, 0.25) is 0 Å². The second kappa shape index (κ2) is 5.63. The Morgan fingerprint density at radius 3 is 2.55 bits per heavy atom. The number of benzene rings is 2. The third-order valence-electron chi connectivity index (χ3n) is 3.14. The van der Waals surface area contributed by atoms with E-state index in [1.807, 2.05) is 0 Å². The fourth-order valence-electron chi connectivity index (χ4n) is 1.99. The molecule has 6 heteroatoms. The number of ether oxygens (including phenoxy) is 1. The highest BCUT2D eigenvalue weighted by Gasteiger charge is 2.16. The lowest BCUT2D eigenvalue weighted by atomic mass is 10.2. The Morgan fingerprint density at radius 2 is 1.82 bits per heavy atom. The van der Waals surface area contributed by atoms with Crippen molar-refractivity contribution in [1.29, 1.82) is 0 Å². The summed E-state index contributed by atoms with van der Waals surface area (Å²) in [6.45, 7) is 1.62. The lowest BCUT2D eigenvalue weighted by Gasteiger charge is -2.10. The third-order valence-corrected chi connectivity index (χ3v) is 3.14. The van der Waals surface area contributed by atoms with Crippen LogP contribution in [0.15, 0.2) is 42.5 Å². The summed E-state index contributed by atoms with van der Waals surface area (Å²) in [5.74, 6) is -0.900. The lowest BCUT2D eigenvalue weighted by Crippen LogP contribution is -2.00. The van der Waals surface area contributed by atoms with Crippen LogP contribution in [-0.2, 0) is 0 Å². The van der Waals surface area contributed by atoms with Crippen molar-refractivity contribution in [3.05, 3.63) is 59.7 Å². The molecule has 0 bridgehead atoms. The van der Waals surface area contributed by atoms with E-state index >= 15 is 0 Å². The van der Waals surface area contributed by atoms with Gasteiger partial charge in [0.25, 0.3) is 6.43 Å². The molecule has 1 heterocycles. The number of para-hydroxylation sites is 1. The van der Waals surface area contributed by atoms with E-state index in [2.05, 4.69) is 9.97 Å². The molecule has 0 aliphatic heterocycles. The van der Waals surface area contributed by atoms with Gasteiger partial charge in [-0.25, -0.2) is 18.2 Å². The van der Waals surface area contributed by atoms with Gasteiger partial charge in [0.15, 0.2) is 5.82 Å². The maximum absolute atomic E-state index is 13.6. The van der Waals surface area contributed by atoms with Gasteiger partial charge in [-0.1, -0.05) is 18.2 Å². The van der Waals surface area contributed by atoms with E-state index in [0.717, 1.165) is 0 Å². The van der Waals surface area contributed by atoms with E-state index in [4.69, 9.17) is 4.74 Å². The second-order valence-electron chi connectivity index (χ2n) is 4.72. The van der Waals surface area contributed by atoms with Gasteiger partial charge in [-0.15, -0.1) is 0 Å². The fraction of sp³-hybridized carbons (Fsp3) is 0.125. The summed E-state index contributed by atoms with van der Waals surface area (Å²) in [7, 11) is 0. The molecule has 0 N–H and O–H groups in total. The number of hydrogen-bond donors (Lipinski definition) is 0. The van der Waals surface area contributed by atoms with Gasteiger partial charge in [0.05, 0.1) is 10.9 Å². The monoisotopic (exact) mass is 304 g/mol. The summed E-state index contributed by atoms with van der Waals surface area (Å²) >= 11 is 0. The second-order valence-corrected chi connectivity index (χ2v) is 4.72. The minimum atomic E-state index is -2.82. The number of aromatic nitrogens is 2. The smallest absolute Gasteiger partial charge is 0.297 e. The predicted octanol–water partition coefficient (Wildman–Crippen LogP) is 4.81. The molecule has 0 fully saturated rings. The third kappa shape index (κ3) is 2.72. The van der Waals surface area contributed by atoms with Gasteiger partial charge in [-0.3, -0.25) is 0 Å². The molecule has 0 aliphatic carbocycles. The van der Waals surface area contributed by atoms with E-state index in [0.29, 0.717) is 16.5 Å². The van der Waals surface area contributed by atoms with Gasteiger partial charge in [0, 0.05) is 6.07 Å². The first-order valence-corrected chi connectivity index (χ1v) is 6.53. The Hall–Kier alpha value is -2.63. The van der Waals surface area contributed by atoms with E-state index in [-0.39, 0.29) is 11.6 Å². The number of alkyl halides is 2. The summed E-state index contributed by atoms with van der Waals surface area (Å²) in [4.78, 5) is 7.54. The van der Waals surface area contributed by atoms with Crippen molar-refractivity contribution in [2.24, 2.45) is 0 Å². The molecule has 0 atom stereocenters. The van der Waals surface area contributed by atoms with Crippen LogP contribution < -0.4 is 4.74 Å². The average molecular weight is 304 g/mol. The van der Waals surface area contributed by atoms with Gasteiger partial charge < -0.3 is 4.74 Å². The average Bonchev–Trinajstić information content (AvgIpc) is 2.50. The van der Waals surface area contributed by atoms with Crippen LogP contribution in [0.25, 0.3) is 10.9 Å². The number of hydrogen-bond acceptors (Lipinski definition) is 3. The first-order chi connectivity index (χ1) is 10.5. The van der Waals surface area contributed by atoms with Crippen LogP contribution in [0.1, 0.15) is 17.8 Å². The van der Waals surface area contributed by atoms with E-state index in [9.17, 15) is 13.2 Å². The zero-order valence-corrected chi connectivity index (χ0v) is 11.6. The number of rotatable bonds is 3. The summed E-state index contributed by atoms with van der Waals surface area (Å²) in [5, 5.41) is 0.480. The summed E-state index contributed by atoms with van der Waals surface area (Å²) in [5.41, 5.74) is 0.809. The van der Waals surface area contributed by atoms with Crippen LogP contribution >= 0.6 is 0 Å². The van der Waals surface area contributed by atoms with Gasteiger partial charge in [0.1, 0.15) is 11.6 Å². The lowest BCUT2D eigenvalue weighted by molar-refractivity contribution is 0.140. The van der Waals surface area contributed by atoms with Crippen molar-refractivity contribution in [3.8, 4) is 11.6 Å². The summed E-state index contributed by atoms with van der Waals surface area (Å²) in [6, 6.07) is 10.9. The van der Waals surface area contributed by atoms with Gasteiger partial charge >= 0.3 is 0 Å². The Bertz CT molecular complexity index is 837. The normalized spacial score (nSPS) is 11.1. The van der Waals surface area contributed by atoms with Gasteiger partial charge in [0.2, 0.25) is 5.88 Å². The molecule has 3 nitrogen and oxygen atoms in total. The van der Waals surface area contributed by atoms with Crippen molar-refractivity contribution in [3.63, 3.8) is 0 Å². The van der Waals surface area contributed by atoms with E-state index in [1.165, 1.54) is 6.07 Å². The SMILES string of the molecule is Cc1ccc(Oc2nc(C(F)F)nc3ccccc23)cc1F. The number of aryl methyl sites for hydroxylation is 1. The quantitative estimate of drug-likeness (QED) is 0.696. The van der Waals surface area contributed by atoms with Gasteiger partial charge in [-0.05, 0) is 30.7 Å². The van der Waals surface area contributed by atoms with Crippen molar-refractivity contribution >= 4 is 10.9 Å².